The van der Waals surface area contributed by atoms with Crippen molar-refractivity contribution in [3.05, 3.63) is 41.0 Å². The number of likely N-dealkylation sites (N-methyl/N-ethyl adjacent to an activating group) is 1. The van der Waals surface area contributed by atoms with Crippen LogP contribution in [0.15, 0.2) is 24.3 Å². The van der Waals surface area contributed by atoms with Gasteiger partial charge in [0.2, 0.25) is 0 Å². The predicted molar refractivity (Wildman–Crippen MR) is 81.3 cm³/mol. The van der Waals surface area contributed by atoms with Crippen molar-refractivity contribution in [2.45, 2.75) is 13.8 Å². The highest BCUT2D eigenvalue weighted by Crippen LogP contribution is 2.17. The Morgan fingerprint density at radius 1 is 1.38 bits per heavy atom. The predicted octanol–water partition coefficient (Wildman–Crippen LogP) is 2.20. The third-order valence-corrected chi connectivity index (χ3v) is 3.13. The molecule has 1 amide bonds. The van der Waals surface area contributed by atoms with Crippen LogP contribution in [0.1, 0.15) is 28.4 Å². The quantitative estimate of drug-likeness (QED) is 0.618. The molecule has 0 aliphatic heterocycles. The molecule has 0 heterocycles. The fraction of sp³-hybridized carbons (Fsp3) is 0.375. The third-order valence-electron chi connectivity index (χ3n) is 3.13. The SMILES string of the molecule is CCOCCN(C)C(=O)c1cccc(/C=C/C(=O)O)c1C. The smallest absolute Gasteiger partial charge is 0.328 e. The Morgan fingerprint density at radius 2 is 2.10 bits per heavy atom. The lowest BCUT2D eigenvalue weighted by Crippen LogP contribution is -2.30. The Bertz CT molecular complexity index is 537. The van der Waals surface area contributed by atoms with E-state index in [9.17, 15) is 9.59 Å². The van der Waals surface area contributed by atoms with E-state index in [1.165, 1.54) is 6.08 Å². The number of carboxylic acids is 1. The molecule has 0 bridgehead atoms. The van der Waals surface area contributed by atoms with Crippen LogP contribution < -0.4 is 0 Å². The van der Waals surface area contributed by atoms with Gasteiger partial charge in [-0.3, -0.25) is 4.79 Å². The number of nitrogens with zero attached hydrogens (tertiary/aromatic N) is 1. The Kier molecular flexibility index (Phi) is 6.62. The first-order valence-corrected chi connectivity index (χ1v) is 6.81. The van der Waals surface area contributed by atoms with Crippen LogP contribution in [-0.4, -0.2) is 48.7 Å². The van der Waals surface area contributed by atoms with Gasteiger partial charge in [0.1, 0.15) is 0 Å². The summed E-state index contributed by atoms with van der Waals surface area (Å²) in [5.41, 5.74) is 2.06. The van der Waals surface area contributed by atoms with Gasteiger partial charge >= 0.3 is 5.97 Å². The molecule has 0 aromatic heterocycles. The molecule has 0 radical (unpaired) electrons. The summed E-state index contributed by atoms with van der Waals surface area (Å²) < 4.78 is 5.24. The van der Waals surface area contributed by atoms with Crippen molar-refractivity contribution < 1.29 is 19.4 Å². The van der Waals surface area contributed by atoms with Gasteiger partial charge in [0.05, 0.1) is 6.61 Å². The van der Waals surface area contributed by atoms with Crippen LogP contribution in [0.25, 0.3) is 6.08 Å². The van der Waals surface area contributed by atoms with Gasteiger partial charge in [0.25, 0.3) is 5.91 Å². The molecule has 0 aliphatic carbocycles. The number of rotatable bonds is 7. The van der Waals surface area contributed by atoms with E-state index in [0.29, 0.717) is 25.3 Å². The van der Waals surface area contributed by atoms with Crippen LogP contribution in [0.3, 0.4) is 0 Å². The standard InChI is InChI=1S/C16H21NO4/c1-4-21-11-10-17(3)16(20)14-7-5-6-13(12(14)2)8-9-15(18)19/h5-9H,4,10-11H2,1-3H3,(H,18,19)/b9-8+. The maximum atomic E-state index is 12.4. The van der Waals surface area contributed by atoms with E-state index in [1.807, 2.05) is 13.8 Å². The molecule has 0 spiro atoms. The lowest BCUT2D eigenvalue weighted by molar-refractivity contribution is -0.131. The molecule has 0 fully saturated rings. The van der Waals surface area contributed by atoms with Gasteiger partial charge < -0.3 is 14.7 Å². The van der Waals surface area contributed by atoms with Gasteiger partial charge in [0.15, 0.2) is 0 Å². The van der Waals surface area contributed by atoms with Crippen molar-refractivity contribution in [2.24, 2.45) is 0 Å². The molecule has 114 valence electrons. The summed E-state index contributed by atoms with van der Waals surface area (Å²) in [4.78, 5) is 24.6. The maximum absolute atomic E-state index is 12.4. The first-order valence-electron chi connectivity index (χ1n) is 6.81. The van der Waals surface area contributed by atoms with E-state index >= 15 is 0 Å². The second-order valence-corrected chi connectivity index (χ2v) is 4.62. The van der Waals surface area contributed by atoms with Crippen molar-refractivity contribution >= 4 is 18.0 Å². The van der Waals surface area contributed by atoms with Gasteiger partial charge in [0, 0.05) is 31.8 Å². The summed E-state index contributed by atoms with van der Waals surface area (Å²) in [6.07, 6.45) is 2.56. The molecule has 0 atom stereocenters. The fourth-order valence-electron chi connectivity index (χ4n) is 1.88. The van der Waals surface area contributed by atoms with E-state index in [0.717, 1.165) is 17.2 Å². The number of amides is 1. The number of benzene rings is 1. The number of hydrogen-bond donors (Lipinski definition) is 1. The van der Waals surface area contributed by atoms with Crippen molar-refractivity contribution in [1.29, 1.82) is 0 Å². The van der Waals surface area contributed by atoms with Crippen LogP contribution >= 0.6 is 0 Å². The minimum absolute atomic E-state index is 0.0993. The summed E-state index contributed by atoms with van der Waals surface area (Å²) in [6, 6.07) is 5.27. The zero-order valence-corrected chi connectivity index (χ0v) is 12.6. The first kappa shape index (κ1) is 16.9. The molecule has 21 heavy (non-hydrogen) atoms. The van der Waals surface area contributed by atoms with Crippen molar-refractivity contribution in [3.63, 3.8) is 0 Å². The molecule has 1 N–H and O–H groups in total. The molecule has 0 aliphatic rings. The average Bonchev–Trinajstić information content (AvgIpc) is 2.45. The number of carbonyl (C=O) groups excluding carboxylic acids is 1. The maximum Gasteiger partial charge on any atom is 0.328 e. The summed E-state index contributed by atoms with van der Waals surface area (Å²) in [5.74, 6) is -1.11. The first-order chi connectivity index (χ1) is 9.97. The minimum Gasteiger partial charge on any atom is -0.478 e. The van der Waals surface area contributed by atoms with Gasteiger partial charge in [-0.05, 0) is 37.1 Å². The molecular weight excluding hydrogens is 270 g/mol. The second kappa shape index (κ2) is 8.21. The number of carbonyl (C=O) groups is 2. The van der Waals surface area contributed by atoms with Crippen LogP contribution in [0, 0.1) is 6.92 Å². The van der Waals surface area contributed by atoms with Gasteiger partial charge in [-0.2, -0.15) is 0 Å². The summed E-state index contributed by atoms with van der Waals surface area (Å²) >= 11 is 0. The zero-order valence-electron chi connectivity index (χ0n) is 12.6. The number of ether oxygens (including phenoxy) is 1. The highest BCUT2D eigenvalue weighted by Gasteiger charge is 2.15. The van der Waals surface area contributed by atoms with Gasteiger partial charge in [-0.15, -0.1) is 0 Å². The highest BCUT2D eigenvalue weighted by molar-refractivity contribution is 5.96. The van der Waals surface area contributed by atoms with E-state index in [2.05, 4.69) is 0 Å². The average molecular weight is 291 g/mol. The van der Waals surface area contributed by atoms with Crippen molar-refractivity contribution in [1.82, 2.24) is 4.90 Å². The number of carboxylic acid groups (broad SMARTS) is 1. The minimum atomic E-state index is -1.01. The number of hydrogen-bond acceptors (Lipinski definition) is 3. The van der Waals surface area contributed by atoms with E-state index < -0.39 is 5.97 Å². The van der Waals surface area contributed by atoms with E-state index in [1.54, 1.807) is 30.1 Å². The Morgan fingerprint density at radius 3 is 2.71 bits per heavy atom. The summed E-state index contributed by atoms with van der Waals surface area (Å²) in [7, 11) is 1.72. The lowest BCUT2D eigenvalue weighted by Gasteiger charge is -2.18. The molecule has 1 rings (SSSR count). The molecule has 0 saturated heterocycles. The second-order valence-electron chi connectivity index (χ2n) is 4.62. The third kappa shape index (κ3) is 5.04. The molecule has 5 nitrogen and oxygen atoms in total. The van der Waals surface area contributed by atoms with Crippen molar-refractivity contribution in [2.75, 3.05) is 26.8 Å². The van der Waals surface area contributed by atoms with Gasteiger partial charge in [-0.25, -0.2) is 4.79 Å². The molecule has 1 aromatic carbocycles. The largest absolute Gasteiger partial charge is 0.478 e. The summed E-state index contributed by atoms with van der Waals surface area (Å²) in [5, 5.41) is 8.68. The molecule has 5 heteroatoms. The van der Waals surface area contributed by atoms with Gasteiger partial charge in [-0.1, -0.05) is 12.1 Å². The zero-order chi connectivity index (χ0) is 15.8. The van der Waals surface area contributed by atoms with E-state index in [-0.39, 0.29) is 5.91 Å². The monoisotopic (exact) mass is 291 g/mol. The molecule has 1 aromatic rings. The Labute approximate surface area is 124 Å². The Hall–Kier alpha value is -2.14. The van der Waals surface area contributed by atoms with Crippen LogP contribution in [0.4, 0.5) is 0 Å². The highest BCUT2D eigenvalue weighted by atomic mass is 16.5. The van der Waals surface area contributed by atoms with Crippen LogP contribution in [0.2, 0.25) is 0 Å². The van der Waals surface area contributed by atoms with Crippen molar-refractivity contribution in [3.8, 4) is 0 Å². The Balaban J connectivity index is 2.90. The molecule has 0 unspecified atom stereocenters. The number of aliphatic carboxylic acids is 1. The molecule has 0 saturated carbocycles. The van der Waals surface area contributed by atoms with Crippen LogP contribution in [0.5, 0.6) is 0 Å². The molecular formula is C16H21NO4. The fourth-order valence-corrected chi connectivity index (χ4v) is 1.88. The normalized spacial score (nSPS) is 10.8. The van der Waals surface area contributed by atoms with E-state index in [4.69, 9.17) is 9.84 Å². The van der Waals surface area contributed by atoms with Crippen LogP contribution in [-0.2, 0) is 9.53 Å². The summed E-state index contributed by atoms with van der Waals surface area (Å²) in [6.45, 7) is 5.35. The topological polar surface area (TPSA) is 66.8 Å². The lowest BCUT2D eigenvalue weighted by atomic mass is 10.0.